The summed E-state index contributed by atoms with van der Waals surface area (Å²) in [6, 6.07) is 17.2. The second-order valence-electron chi connectivity index (χ2n) is 8.21. The van der Waals surface area contributed by atoms with Crippen LogP contribution in [0.5, 0.6) is 0 Å². The van der Waals surface area contributed by atoms with Gasteiger partial charge in [-0.2, -0.15) is 0 Å². The molecule has 31 heavy (non-hydrogen) atoms. The number of fused-ring (bicyclic) bond motifs is 2. The highest BCUT2D eigenvalue weighted by atomic mass is 127. The third kappa shape index (κ3) is 5.77. The van der Waals surface area contributed by atoms with Gasteiger partial charge in [0.2, 0.25) is 5.91 Å². The SMILES string of the molecule is CN=C(NCC1CC(=O)Nc2ccccc21)NCC(C)N1CCc2ccccc2C1.I. The zero-order chi connectivity index (χ0) is 20.9. The predicted octanol–water partition coefficient (Wildman–Crippen LogP) is 3.34. The highest BCUT2D eigenvalue weighted by Gasteiger charge is 2.25. The lowest BCUT2D eigenvalue weighted by atomic mass is 9.90. The molecule has 166 valence electrons. The molecule has 0 bridgehead atoms. The molecule has 6 nitrogen and oxygen atoms in total. The van der Waals surface area contributed by atoms with Gasteiger partial charge in [-0.25, -0.2) is 0 Å². The van der Waals surface area contributed by atoms with E-state index >= 15 is 0 Å². The van der Waals surface area contributed by atoms with Gasteiger partial charge in [-0.3, -0.25) is 14.7 Å². The van der Waals surface area contributed by atoms with Crippen LogP contribution in [0.15, 0.2) is 53.5 Å². The predicted molar refractivity (Wildman–Crippen MR) is 137 cm³/mol. The number of nitrogens with one attached hydrogen (secondary N) is 3. The molecule has 0 aliphatic carbocycles. The number of benzene rings is 2. The summed E-state index contributed by atoms with van der Waals surface area (Å²) in [5.74, 6) is 0.995. The number of carbonyl (C=O) groups is 1. The number of guanidine groups is 1. The Bertz CT molecular complexity index is 932. The van der Waals surface area contributed by atoms with Gasteiger partial charge in [0.1, 0.15) is 0 Å². The smallest absolute Gasteiger partial charge is 0.225 e. The van der Waals surface area contributed by atoms with Gasteiger partial charge < -0.3 is 16.0 Å². The number of hydrogen-bond donors (Lipinski definition) is 3. The number of rotatable bonds is 5. The van der Waals surface area contributed by atoms with E-state index in [0.717, 1.165) is 37.7 Å². The third-order valence-corrected chi connectivity index (χ3v) is 6.19. The number of hydrogen-bond acceptors (Lipinski definition) is 3. The maximum absolute atomic E-state index is 12.0. The van der Waals surface area contributed by atoms with Crippen molar-refractivity contribution in [3.8, 4) is 0 Å². The van der Waals surface area contributed by atoms with Crippen LogP contribution in [-0.4, -0.2) is 49.5 Å². The molecule has 4 rings (SSSR count). The van der Waals surface area contributed by atoms with E-state index in [1.165, 1.54) is 16.7 Å². The molecule has 2 aromatic carbocycles. The lowest BCUT2D eigenvalue weighted by Crippen LogP contribution is -2.48. The Morgan fingerprint density at radius 1 is 1.16 bits per heavy atom. The monoisotopic (exact) mass is 533 g/mol. The van der Waals surface area contributed by atoms with Crippen LogP contribution < -0.4 is 16.0 Å². The average Bonchev–Trinajstić information content (AvgIpc) is 2.78. The number of amides is 1. The molecule has 2 heterocycles. The third-order valence-electron chi connectivity index (χ3n) is 6.19. The molecule has 2 aromatic rings. The minimum absolute atomic E-state index is 0. The van der Waals surface area contributed by atoms with Crippen molar-refractivity contribution in [1.82, 2.24) is 15.5 Å². The maximum Gasteiger partial charge on any atom is 0.225 e. The molecule has 2 atom stereocenters. The Kier molecular flexibility index (Phi) is 8.31. The summed E-state index contributed by atoms with van der Waals surface area (Å²) >= 11 is 0. The van der Waals surface area contributed by atoms with E-state index in [-0.39, 0.29) is 35.8 Å². The summed E-state index contributed by atoms with van der Waals surface area (Å²) in [4.78, 5) is 18.9. The summed E-state index contributed by atoms with van der Waals surface area (Å²) in [5, 5.41) is 9.83. The Labute approximate surface area is 201 Å². The normalized spacial score (nSPS) is 19.4. The molecule has 0 saturated carbocycles. The number of halogens is 1. The van der Waals surface area contributed by atoms with Crippen molar-refractivity contribution in [1.29, 1.82) is 0 Å². The van der Waals surface area contributed by atoms with E-state index in [1.54, 1.807) is 7.05 Å². The minimum atomic E-state index is 0. The summed E-state index contributed by atoms with van der Waals surface area (Å²) in [6.07, 6.45) is 1.60. The summed E-state index contributed by atoms with van der Waals surface area (Å²) in [6.45, 7) is 5.84. The van der Waals surface area contributed by atoms with Gasteiger partial charge >= 0.3 is 0 Å². The summed E-state index contributed by atoms with van der Waals surface area (Å²) < 4.78 is 0. The fourth-order valence-corrected chi connectivity index (χ4v) is 4.39. The average molecular weight is 533 g/mol. The minimum Gasteiger partial charge on any atom is -0.356 e. The first kappa shape index (κ1) is 23.5. The van der Waals surface area contributed by atoms with Crippen molar-refractivity contribution in [2.75, 3.05) is 32.0 Å². The number of nitrogens with zero attached hydrogens (tertiary/aromatic N) is 2. The molecular formula is C24H32IN5O. The second-order valence-corrected chi connectivity index (χ2v) is 8.21. The van der Waals surface area contributed by atoms with Crippen LogP contribution in [0.1, 0.15) is 36.0 Å². The summed E-state index contributed by atoms with van der Waals surface area (Å²) in [5.41, 5.74) is 5.01. The molecule has 2 aliphatic heterocycles. The molecule has 0 saturated heterocycles. The lowest BCUT2D eigenvalue weighted by molar-refractivity contribution is -0.116. The molecular weight excluding hydrogens is 501 g/mol. The van der Waals surface area contributed by atoms with Crippen molar-refractivity contribution in [3.05, 3.63) is 65.2 Å². The number of carbonyl (C=O) groups excluding carboxylic acids is 1. The van der Waals surface area contributed by atoms with Gasteiger partial charge in [-0.15, -0.1) is 24.0 Å². The van der Waals surface area contributed by atoms with E-state index < -0.39 is 0 Å². The van der Waals surface area contributed by atoms with Crippen LogP contribution in [0.3, 0.4) is 0 Å². The largest absolute Gasteiger partial charge is 0.356 e. The van der Waals surface area contributed by atoms with Crippen molar-refractivity contribution in [2.45, 2.75) is 38.3 Å². The van der Waals surface area contributed by atoms with Gasteiger partial charge in [-0.05, 0) is 36.1 Å². The molecule has 2 unspecified atom stereocenters. The molecule has 2 aliphatic rings. The Morgan fingerprint density at radius 3 is 2.71 bits per heavy atom. The van der Waals surface area contributed by atoms with Crippen LogP contribution >= 0.6 is 24.0 Å². The van der Waals surface area contributed by atoms with E-state index in [4.69, 9.17) is 0 Å². The molecule has 0 fully saturated rings. The molecule has 3 N–H and O–H groups in total. The van der Waals surface area contributed by atoms with Gasteiger partial charge in [0, 0.05) is 57.3 Å². The van der Waals surface area contributed by atoms with Crippen molar-refractivity contribution < 1.29 is 4.79 Å². The van der Waals surface area contributed by atoms with Crippen LogP contribution in [0, 0.1) is 0 Å². The van der Waals surface area contributed by atoms with E-state index in [9.17, 15) is 4.79 Å². The van der Waals surface area contributed by atoms with Gasteiger partial charge in [0.25, 0.3) is 0 Å². The summed E-state index contributed by atoms with van der Waals surface area (Å²) in [7, 11) is 1.79. The standard InChI is InChI=1S/C24H31N5O.HI/c1-17(29-12-11-18-7-3-4-8-19(18)16-29)14-26-24(25-2)27-15-20-13-23(30)28-22-10-6-5-9-21(20)22;/h3-10,17,20H,11-16H2,1-2H3,(H,28,30)(H2,25,26,27);1H. The van der Waals surface area contributed by atoms with Crippen molar-refractivity contribution >= 4 is 41.5 Å². The van der Waals surface area contributed by atoms with Crippen LogP contribution in [0.25, 0.3) is 0 Å². The van der Waals surface area contributed by atoms with E-state index in [2.05, 4.69) is 63.1 Å². The molecule has 0 aromatic heterocycles. The highest BCUT2D eigenvalue weighted by molar-refractivity contribution is 14.0. The number of anilines is 1. The molecule has 0 radical (unpaired) electrons. The zero-order valence-corrected chi connectivity index (χ0v) is 20.6. The quantitative estimate of drug-likeness (QED) is 0.314. The lowest BCUT2D eigenvalue weighted by Gasteiger charge is -2.34. The Hall–Kier alpha value is -2.13. The van der Waals surface area contributed by atoms with Crippen LogP contribution in [-0.2, 0) is 17.8 Å². The first-order valence-corrected chi connectivity index (χ1v) is 10.8. The number of para-hydroxylation sites is 1. The molecule has 1 amide bonds. The Balaban J connectivity index is 0.00000272. The van der Waals surface area contributed by atoms with Gasteiger partial charge in [0.15, 0.2) is 5.96 Å². The fourth-order valence-electron chi connectivity index (χ4n) is 4.39. The fraction of sp³-hybridized carbons (Fsp3) is 0.417. The Morgan fingerprint density at radius 2 is 1.90 bits per heavy atom. The first-order chi connectivity index (χ1) is 14.6. The van der Waals surface area contributed by atoms with Crippen molar-refractivity contribution in [2.24, 2.45) is 4.99 Å². The second kappa shape index (κ2) is 10.9. The van der Waals surface area contributed by atoms with Gasteiger partial charge in [0.05, 0.1) is 0 Å². The molecule has 7 heteroatoms. The van der Waals surface area contributed by atoms with Crippen LogP contribution in [0.4, 0.5) is 5.69 Å². The topological polar surface area (TPSA) is 68.8 Å². The highest BCUT2D eigenvalue weighted by Crippen LogP contribution is 2.31. The van der Waals surface area contributed by atoms with Crippen molar-refractivity contribution in [3.63, 3.8) is 0 Å². The zero-order valence-electron chi connectivity index (χ0n) is 18.2. The van der Waals surface area contributed by atoms with E-state index in [0.29, 0.717) is 19.0 Å². The maximum atomic E-state index is 12.0. The van der Waals surface area contributed by atoms with Gasteiger partial charge in [-0.1, -0.05) is 42.5 Å². The van der Waals surface area contributed by atoms with Crippen LogP contribution in [0.2, 0.25) is 0 Å². The first-order valence-electron chi connectivity index (χ1n) is 10.8. The molecule has 0 spiro atoms. The van der Waals surface area contributed by atoms with E-state index in [1.807, 2.05) is 18.2 Å². The number of aliphatic imine (C=N–C) groups is 1.